The number of carbonyl (C=O) groups is 1. The highest BCUT2D eigenvalue weighted by Crippen LogP contribution is 2.27. The van der Waals surface area contributed by atoms with Gasteiger partial charge in [0.2, 0.25) is 0 Å². The molecule has 0 bridgehead atoms. The van der Waals surface area contributed by atoms with Crippen LogP contribution in [-0.2, 0) is 5.75 Å². The summed E-state index contributed by atoms with van der Waals surface area (Å²) in [6, 6.07) is 13.8. The fraction of sp³-hybridized carbons (Fsp3) is 0.263. The molecule has 122 valence electrons. The lowest BCUT2D eigenvalue weighted by Crippen LogP contribution is -2.25. The van der Waals surface area contributed by atoms with E-state index in [-0.39, 0.29) is 5.91 Å². The lowest BCUT2D eigenvalue weighted by atomic mass is 10.2. The van der Waals surface area contributed by atoms with Crippen LogP contribution in [0.4, 0.5) is 0 Å². The van der Waals surface area contributed by atoms with Crippen molar-refractivity contribution in [3.8, 4) is 0 Å². The van der Waals surface area contributed by atoms with E-state index in [1.807, 2.05) is 53.1 Å². The Morgan fingerprint density at radius 1 is 1.21 bits per heavy atom. The highest BCUT2D eigenvalue weighted by molar-refractivity contribution is 7.98. The van der Waals surface area contributed by atoms with Gasteiger partial charge < -0.3 is 9.72 Å². The van der Waals surface area contributed by atoms with Crippen molar-refractivity contribution in [1.82, 2.24) is 14.7 Å². The smallest absolute Gasteiger partial charge is 0.251 e. The van der Waals surface area contributed by atoms with Crippen LogP contribution in [0.1, 0.15) is 28.9 Å². The standard InChI is InChI=1S/C19H19N3OS/c23-19(20-11-14-4-5-14)15-6-8-17(9-7-15)24-13-16-12-22-10-2-1-3-18(22)21-16/h1-3,6-10,12,14H,4-5,11,13H2,(H,20,23). The van der Waals surface area contributed by atoms with Crippen molar-refractivity contribution in [1.29, 1.82) is 0 Å². The van der Waals surface area contributed by atoms with Crippen LogP contribution in [0.25, 0.3) is 5.65 Å². The van der Waals surface area contributed by atoms with Crippen molar-refractivity contribution in [3.63, 3.8) is 0 Å². The van der Waals surface area contributed by atoms with Gasteiger partial charge >= 0.3 is 0 Å². The van der Waals surface area contributed by atoms with Gasteiger partial charge in [-0.2, -0.15) is 0 Å². The Morgan fingerprint density at radius 2 is 2.04 bits per heavy atom. The molecule has 1 N–H and O–H groups in total. The number of nitrogens with zero attached hydrogens (tertiary/aromatic N) is 2. The number of hydrogen-bond acceptors (Lipinski definition) is 3. The Morgan fingerprint density at radius 3 is 2.79 bits per heavy atom. The summed E-state index contributed by atoms with van der Waals surface area (Å²) in [5, 5.41) is 2.99. The Bertz CT molecular complexity index is 819. The molecule has 2 heterocycles. The first kappa shape index (κ1) is 15.3. The van der Waals surface area contributed by atoms with Crippen LogP contribution < -0.4 is 5.32 Å². The van der Waals surface area contributed by atoms with Crippen LogP contribution in [0.2, 0.25) is 0 Å². The Labute approximate surface area is 145 Å². The van der Waals surface area contributed by atoms with Crippen molar-refractivity contribution in [2.24, 2.45) is 5.92 Å². The molecule has 0 aliphatic heterocycles. The second-order valence-corrected chi connectivity index (χ2v) is 7.21. The van der Waals surface area contributed by atoms with Crippen molar-refractivity contribution in [2.75, 3.05) is 6.54 Å². The zero-order chi connectivity index (χ0) is 16.4. The number of hydrogen-bond donors (Lipinski definition) is 1. The first-order valence-electron chi connectivity index (χ1n) is 8.21. The lowest BCUT2D eigenvalue weighted by Gasteiger charge is -2.05. The molecule has 1 saturated carbocycles. The fourth-order valence-electron chi connectivity index (χ4n) is 2.58. The van der Waals surface area contributed by atoms with Crippen molar-refractivity contribution in [2.45, 2.75) is 23.5 Å². The summed E-state index contributed by atoms with van der Waals surface area (Å²) in [7, 11) is 0. The second-order valence-electron chi connectivity index (χ2n) is 6.16. The number of pyridine rings is 1. The first-order chi connectivity index (χ1) is 11.8. The quantitative estimate of drug-likeness (QED) is 0.697. The first-order valence-corrected chi connectivity index (χ1v) is 9.20. The van der Waals surface area contributed by atoms with Crippen LogP contribution in [0, 0.1) is 5.92 Å². The van der Waals surface area contributed by atoms with E-state index in [2.05, 4.69) is 16.5 Å². The molecule has 4 nitrogen and oxygen atoms in total. The number of nitrogens with one attached hydrogen (secondary N) is 1. The molecule has 1 aliphatic rings. The van der Waals surface area contributed by atoms with Crippen molar-refractivity contribution >= 4 is 23.3 Å². The summed E-state index contributed by atoms with van der Waals surface area (Å²) in [6.45, 7) is 0.809. The molecule has 0 unspecified atom stereocenters. The molecule has 0 spiro atoms. The maximum Gasteiger partial charge on any atom is 0.251 e. The van der Waals surface area contributed by atoms with E-state index in [1.54, 1.807) is 11.8 Å². The van der Waals surface area contributed by atoms with Crippen LogP contribution in [0.5, 0.6) is 0 Å². The van der Waals surface area contributed by atoms with Crippen LogP contribution in [0.15, 0.2) is 59.8 Å². The van der Waals surface area contributed by atoms with E-state index in [4.69, 9.17) is 0 Å². The molecule has 5 heteroatoms. The fourth-order valence-corrected chi connectivity index (χ4v) is 3.36. The average Bonchev–Trinajstić information content (AvgIpc) is 3.35. The topological polar surface area (TPSA) is 46.4 Å². The van der Waals surface area contributed by atoms with Gasteiger partial charge in [0.05, 0.1) is 5.69 Å². The number of fused-ring (bicyclic) bond motifs is 1. The highest BCUT2D eigenvalue weighted by atomic mass is 32.2. The number of carbonyl (C=O) groups excluding carboxylic acids is 1. The van der Waals surface area contributed by atoms with E-state index in [9.17, 15) is 4.79 Å². The largest absolute Gasteiger partial charge is 0.352 e. The zero-order valence-electron chi connectivity index (χ0n) is 13.3. The van der Waals surface area contributed by atoms with Gasteiger partial charge in [0.1, 0.15) is 5.65 Å². The maximum atomic E-state index is 12.0. The number of benzene rings is 1. The lowest BCUT2D eigenvalue weighted by molar-refractivity contribution is 0.0951. The van der Waals surface area contributed by atoms with Gasteiger partial charge in [-0.3, -0.25) is 4.79 Å². The number of thioether (sulfide) groups is 1. The van der Waals surface area contributed by atoms with Gasteiger partial charge in [-0.05, 0) is 55.2 Å². The molecular formula is C19H19N3OS. The number of rotatable bonds is 6. The third kappa shape index (κ3) is 3.62. The van der Waals surface area contributed by atoms with Crippen molar-refractivity contribution < 1.29 is 4.79 Å². The molecule has 1 aromatic carbocycles. The predicted molar refractivity (Wildman–Crippen MR) is 96.3 cm³/mol. The van der Waals surface area contributed by atoms with E-state index in [0.29, 0.717) is 5.92 Å². The summed E-state index contributed by atoms with van der Waals surface area (Å²) in [6.07, 6.45) is 6.56. The molecular weight excluding hydrogens is 318 g/mol. The SMILES string of the molecule is O=C(NCC1CC1)c1ccc(SCc2cn3ccccc3n2)cc1. The van der Waals surface area contributed by atoms with E-state index in [1.165, 1.54) is 12.8 Å². The summed E-state index contributed by atoms with van der Waals surface area (Å²) in [4.78, 5) is 17.8. The van der Waals surface area contributed by atoms with E-state index >= 15 is 0 Å². The minimum absolute atomic E-state index is 0.0267. The summed E-state index contributed by atoms with van der Waals surface area (Å²) >= 11 is 1.73. The van der Waals surface area contributed by atoms with Gasteiger partial charge in [0.25, 0.3) is 5.91 Å². The molecule has 3 aromatic rings. The molecule has 1 aliphatic carbocycles. The van der Waals surface area contributed by atoms with Crippen molar-refractivity contribution in [3.05, 3.63) is 66.1 Å². The monoisotopic (exact) mass is 337 g/mol. The molecule has 4 rings (SSSR count). The number of imidazole rings is 1. The summed E-state index contributed by atoms with van der Waals surface area (Å²) in [5.74, 6) is 1.54. The summed E-state index contributed by atoms with van der Waals surface area (Å²) < 4.78 is 2.03. The highest BCUT2D eigenvalue weighted by Gasteiger charge is 2.21. The minimum atomic E-state index is 0.0267. The minimum Gasteiger partial charge on any atom is -0.352 e. The normalized spacial score (nSPS) is 14.0. The van der Waals surface area contributed by atoms with Crippen LogP contribution in [-0.4, -0.2) is 21.8 Å². The van der Waals surface area contributed by atoms with Gasteiger partial charge in [-0.15, -0.1) is 11.8 Å². The Kier molecular flexibility index (Phi) is 4.26. The summed E-state index contributed by atoms with van der Waals surface area (Å²) in [5.41, 5.74) is 2.75. The third-order valence-electron chi connectivity index (χ3n) is 4.17. The second kappa shape index (κ2) is 6.69. The van der Waals surface area contributed by atoms with E-state index in [0.717, 1.165) is 34.1 Å². The van der Waals surface area contributed by atoms with Gasteiger partial charge in [0.15, 0.2) is 0 Å². The van der Waals surface area contributed by atoms with Crippen LogP contribution >= 0.6 is 11.8 Å². The molecule has 0 radical (unpaired) electrons. The Hall–Kier alpha value is -2.27. The maximum absolute atomic E-state index is 12.0. The molecule has 1 fully saturated rings. The molecule has 24 heavy (non-hydrogen) atoms. The molecule has 1 amide bonds. The zero-order valence-corrected chi connectivity index (χ0v) is 14.1. The third-order valence-corrected chi connectivity index (χ3v) is 5.21. The Balaban J connectivity index is 1.35. The van der Waals surface area contributed by atoms with Gasteiger partial charge in [-0.25, -0.2) is 4.98 Å². The van der Waals surface area contributed by atoms with Crippen LogP contribution in [0.3, 0.4) is 0 Å². The molecule has 0 atom stereocenters. The number of aromatic nitrogens is 2. The van der Waals surface area contributed by atoms with Gasteiger partial charge in [0, 0.05) is 35.2 Å². The van der Waals surface area contributed by atoms with Gasteiger partial charge in [-0.1, -0.05) is 6.07 Å². The van der Waals surface area contributed by atoms with E-state index < -0.39 is 0 Å². The average molecular weight is 337 g/mol. The molecule has 2 aromatic heterocycles. The molecule has 0 saturated heterocycles. The predicted octanol–water partition coefficient (Wildman–Crippen LogP) is 3.77. The number of amides is 1.